The highest BCUT2D eigenvalue weighted by Gasteiger charge is 2.31. The van der Waals surface area contributed by atoms with Crippen LogP contribution in [0, 0.1) is 5.92 Å². The molecular weight excluding hydrogens is 286 g/mol. The van der Waals surface area contributed by atoms with Crippen LogP contribution in [0.25, 0.3) is 0 Å². The molecule has 1 heterocycles. The Balaban J connectivity index is 2.10. The highest BCUT2D eigenvalue weighted by Crippen LogP contribution is 2.28. The number of hydrogen-bond acceptors (Lipinski definition) is 3. The van der Waals surface area contributed by atoms with Crippen molar-refractivity contribution in [2.24, 2.45) is 5.92 Å². The monoisotopic (exact) mass is 299 g/mol. The highest BCUT2D eigenvalue weighted by atomic mass is 79.9. The fourth-order valence-electron chi connectivity index (χ4n) is 1.84. The normalized spacial score (nSPS) is 23.6. The number of phenols is 1. The van der Waals surface area contributed by atoms with Crippen molar-refractivity contribution in [2.75, 3.05) is 11.9 Å². The van der Waals surface area contributed by atoms with Gasteiger partial charge in [0, 0.05) is 11.1 Å². The van der Waals surface area contributed by atoms with E-state index in [0.717, 1.165) is 10.9 Å². The van der Waals surface area contributed by atoms with Crippen LogP contribution in [0.2, 0.25) is 0 Å². The van der Waals surface area contributed by atoms with Crippen LogP contribution in [0.4, 0.5) is 5.69 Å². The molecule has 1 amide bonds. The molecule has 1 aliphatic heterocycles. The van der Waals surface area contributed by atoms with Crippen molar-refractivity contribution in [3.63, 3.8) is 0 Å². The summed E-state index contributed by atoms with van der Waals surface area (Å²) in [6.07, 6.45) is 0.469. The first-order chi connectivity index (χ1) is 8.08. The standard InChI is InChI=1S/C12H14BrNO3/c1-7-4-5-17-11(7)12(16)14-9-6-8(13)2-3-10(9)15/h2-3,6-7,11,15H,4-5H2,1H3,(H,14,16)/t7-,11+/m1/s1. The molecule has 92 valence electrons. The van der Waals surface area contributed by atoms with Gasteiger partial charge in [-0.05, 0) is 30.5 Å². The van der Waals surface area contributed by atoms with Gasteiger partial charge in [-0.3, -0.25) is 4.79 Å². The van der Waals surface area contributed by atoms with Crippen LogP contribution >= 0.6 is 15.9 Å². The number of rotatable bonds is 2. The first kappa shape index (κ1) is 12.4. The summed E-state index contributed by atoms with van der Waals surface area (Å²) in [7, 11) is 0. The molecular formula is C12H14BrNO3. The van der Waals surface area contributed by atoms with E-state index in [0.29, 0.717) is 12.3 Å². The van der Waals surface area contributed by atoms with Crippen LogP contribution in [0.1, 0.15) is 13.3 Å². The molecule has 5 heteroatoms. The number of hydrogen-bond donors (Lipinski definition) is 2. The van der Waals surface area contributed by atoms with Gasteiger partial charge in [0.25, 0.3) is 5.91 Å². The molecule has 0 radical (unpaired) electrons. The topological polar surface area (TPSA) is 58.6 Å². The lowest BCUT2D eigenvalue weighted by molar-refractivity contribution is -0.126. The van der Waals surface area contributed by atoms with Crippen LogP contribution in [-0.2, 0) is 9.53 Å². The van der Waals surface area contributed by atoms with E-state index in [1.807, 2.05) is 6.92 Å². The zero-order chi connectivity index (χ0) is 12.4. The zero-order valence-corrected chi connectivity index (χ0v) is 11.0. The zero-order valence-electron chi connectivity index (χ0n) is 9.44. The minimum absolute atomic E-state index is 0.0483. The summed E-state index contributed by atoms with van der Waals surface area (Å²) in [5.41, 5.74) is 0.395. The molecule has 4 nitrogen and oxygen atoms in total. The fourth-order valence-corrected chi connectivity index (χ4v) is 2.20. The van der Waals surface area contributed by atoms with Crippen molar-refractivity contribution >= 4 is 27.5 Å². The number of halogens is 1. The Morgan fingerprint density at radius 1 is 1.59 bits per heavy atom. The molecule has 1 aromatic carbocycles. The quantitative estimate of drug-likeness (QED) is 0.825. The summed E-state index contributed by atoms with van der Waals surface area (Å²) in [5.74, 6) is 0.0555. The molecule has 1 saturated heterocycles. The molecule has 1 aromatic rings. The lowest BCUT2D eigenvalue weighted by Gasteiger charge is -2.15. The molecule has 0 aromatic heterocycles. The Hall–Kier alpha value is -1.07. The van der Waals surface area contributed by atoms with Crippen molar-refractivity contribution in [1.29, 1.82) is 0 Å². The van der Waals surface area contributed by atoms with Gasteiger partial charge < -0.3 is 15.2 Å². The van der Waals surface area contributed by atoms with E-state index in [1.54, 1.807) is 12.1 Å². The third-order valence-corrected chi connectivity index (χ3v) is 3.36. The number of ether oxygens (including phenoxy) is 1. The van der Waals surface area contributed by atoms with Crippen molar-refractivity contribution in [2.45, 2.75) is 19.4 Å². The van der Waals surface area contributed by atoms with Gasteiger partial charge in [0.05, 0.1) is 5.69 Å². The Bertz CT molecular complexity index is 436. The predicted molar refractivity (Wildman–Crippen MR) is 68.0 cm³/mol. The SMILES string of the molecule is C[C@@H]1CCO[C@@H]1C(=O)Nc1cc(Br)ccc1O. The summed E-state index contributed by atoms with van der Waals surface area (Å²) in [4.78, 5) is 11.9. The molecule has 2 rings (SSSR count). The first-order valence-corrected chi connectivity index (χ1v) is 6.28. The maximum Gasteiger partial charge on any atom is 0.253 e. The number of benzene rings is 1. The van der Waals surface area contributed by atoms with Crippen LogP contribution < -0.4 is 5.32 Å². The minimum Gasteiger partial charge on any atom is -0.506 e. The molecule has 0 bridgehead atoms. The summed E-state index contributed by atoms with van der Waals surface area (Å²) in [6.45, 7) is 2.60. The van der Waals surface area contributed by atoms with Gasteiger partial charge in [0.1, 0.15) is 11.9 Å². The third kappa shape index (κ3) is 2.79. The van der Waals surface area contributed by atoms with Crippen LogP contribution in [0.5, 0.6) is 5.75 Å². The van der Waals surface area contributed by atoms with Gasteiger partial charge >= 0.3 is 0 Å². The summed E-state index contributed by atoms with van der Waals surface area (Å²) >= 11 is 3.29. The Morgan fingerprint density at radius 2 is 2.35 bits per heavy atom. The molecule has 1 fully saturated rings. The van der Waals surface area contributed by atoms with E-state index in [4.69, 9.17) is 4.74 Å². The number of phenolic OH excluding ortho intramolecular Hbond substituents is 1. The van der Waals surface area contributed by atoms with E-state index in [-0.39, 0.29) is 17.6 Å². The molecule has 0 saturated carbocycles. The van der Waals surface area contributed by atoms with Crippen LogP contribution in [-0.4, -0.2) is 23.7 Å². The molecule has 0 aliphatic carbocycles. The van der Waals surface area contributed by atoms with Gasteiger partial charge in [-0.2, -0.15) is 0 Å². The van der Waals surface area contributed by atoms with E-state index in [1.165, 1.54) is 6.07 Å². The first-order valence-electron chi connectivity index (χ1n) is 5.49. The molecule has 1 aliphatic rings. The molecule has 0 spiro atoms. The number of carbonyl (C=O) groups is 1. The second kappa shape index (κ2) is 5.06. The van der Waals surface area contributed by atoms with Crippen molar-refractivity contribution in [3.05, 3.63) is 22.7 Å². The maximum absolute atomic E-state index is 11.9. The predicted octanol–water partition coefficient (Wildman–Crippen LogP) is 2.52. The van der Waals surface area contributed by atoms with Crippen LogP contribution in [0.15, 0.2) is 22.7 Å². The smallest absolute Gasteiger partial charge is 0.253 e. The van der Waals surface area contributed by atoms with E-state index in [9.17, 15) is 9.90 Å². The Kier molecular flexibility index (Phi) is 3.69. The third-order valence-electron chi connectivity index (χ3n) is 2.86. The summed E-state index contributed by atoms with van der Waals surface area (Å²) in [5, 5.41) is 12.3. The summed E-state index contributed by atoms with van der Waals surface area (Å²) in [6, 6.07) is 4.89. The number of aromatic hydroxyl groups is 1. The second-order valence-corrected chi connectivity index (χ2v) is 5.12. The minimum atomic E-state index is -0.423. The summed E-state index contributed by atoms with van der Waals surface area (Å²) < 4.78 is 6.16. The van der Waals surface area contributed by atoms with Gasteiger partial charge in [-0.25, -0.2) is 0 Å². The van der Waals surface area contributed by atoms with Gasteiger partial charge in [-0.15, -0.1) is 0 Å². The molecule has 17 heavy (non-hydrogen) atoms. The van der Waals surface area contributed by atoms with Crippen LogP contribution in [0.3, 0.4) is 0 Å². The molecule has 2 atom stereocenters. The van der Waals surface area contributed by atoms with Crippen molar-refractivity contribution in [3.8, 4) is 5.75 Å². The number of amides is 1. The fraction of sp³-hybridized carbons (Fsp3) is 0.417. The Morgan fingerprint density at radius 3 is 3.00 bits per heavy atom. The lowest BCUT2D eigenvalue weighted by atomic mass is 10.0. The average molecular weight is 300 g/mol. The maximum atomic E-state index is 11.9. The number of nitrogens with one attached hydrogen (secondary N) is 1. The van der Waals surface area contributed by atoms with E-state index >= 15 is 0 Å². The Labute approximate surface area is 108 Å². The highest BCUT2D eigenvalue weighted by molar-refractivity contribution is 9.10. The largest absolute Gasteiger partial charge is 0.506 e. The number of carbonyl (C=O) groups excluding carboxylic acids is 1. The van der Waals surface area contributed by atoms with Gasteiger partial charge in [0.2, 0.25) is 0 Å². The second-order valence-electron chi connectivity index (χ2n) is 4.21. The van der Waals surface area contributed by atoms with Gasteiger partial charge in [-0.1, -0.05) is 22.9 Å². The van der Waals surface area contributed by atoms with Crippen molar-refractivity contribution < 1.29 is 14.6 Å². The lowest BCUT2D eigenvalue weighted by Crippen LogP contribution is -2.31. The molecule has 2 N–H and O–H groups in total. The number of anilines is 1. The van der Waals surface area contributed by atoms with E-state index in [2.05, 4.69) is 21.2 Å². The van der Waals surface area contributed by atoms with E-state index < -0.39 is 6.10 Å². The van der Waals surface area contributed by atoms with Gasteiger partial charge in [0.15, 0.2) is 0 Å². The molecule has 0 unspecified atom stereocenters. The average Bonchev–Trinajstić information content (AvgIpc) is 2.70. The van der Waals surface area contributed by atoms with Crippen molar-refractivity contribution in [1.82, 2.24) is 0 Å².